The van der Waals surface area contributed by atoms with Gasteiger partial charge >= 0.3 is 0 Å². The van der Waals surface area contributed by atoms with Gasteiger partial charge in [-0.05, 0) is 24.3 Å². The largest absolute Gasteiger partial charge is 0.459 e. The molecule has 2 aliphatic rings. The van der Waals surface area contributed by atoms with Crippen molar-refractivity contribution in [2.24, 2.45) is 0 Å². The number of hydrogen-bond acceptors (Lipinski definition) is 4. The summed E-state index contributed by atoms with van der Waals surface area (Å²) in [6.45, 7) is 0. The van der Waals surface area contributed by atoms with Gasteiger partial charge in [-0.1, -0.05) is 24.3 Å². The first-order chi connectivity index (χ1) is 8.90. The molecule has 90 valence electrons. The number of benzene rings is 2. The van der Waals surface area contributed by atoms with Crippen LogP contribution in [0.25, 0.3) is 0 Å². The maximum atomic E-state index is 5.89. The minimum Gasteiger partial charge on any atom is -0.459 e. The first-order valence-corrected chi connectivity index (χ1v) is 7.08. The van der Waals surface area contributed by atoms with Crippen LogP contribution in [0.1, 0.15) is 0 Å². The highest BCUT2D eigenvalue weighted by Crippen LogP contribution is 2.55. The lowest BCUT2D eigenvalue weighted by molar-refractivity contribution is 0.324. The zero-order valence-electron chi connectivity index (χ0n) is 9.46. The summed E-state index contributed by atoms with van der Waals surface area (Å²) in [4.78, 5) is 0. The fraction of sp³-hybridized carbons (Fsp3) is 0.0769. The Morgan fingerprint density at radius 3 is 2.39 bits per heavy atom. The third-order valence-electron chi connectivity index (χ3n) is 2.93. The van der Waals surface area contributed by atoms with E-state index in [0.29, 0.717) is 0 Å². The molecule has 18 heavy (non-hydrogen) atoms. The van der Waals surface area contributed by atoms with Crippen LogP contribution in [-0.4, -0.2) is 5.97 Å². The molecule has 4 rings (SSSR count). The van der Waals surface area contributed by atoms with E-state index in [1.807, 2.05) is 48.5 Å². The zero-order chi connectivity index (χ0) is 11.9. The predicted octanol–water partition coefficient (Wildman–Crippen LogP) is 3.59. The molecule has 2 aromatic rings. The standard InChI is InChI=1S/C13H11N2O2P/c1-3-7-11-9(5-1)14-13(16-11)18-15-10-6-2-4-8-12(10)17-18/h1-8,13-15H. The van der Waals surface area contributed by atoms with Crippen LogP contribution >= 0.6 is 8.30 Å². The Labute approximate surface area is 106 Å². The van der Waals surface area contributed by atoms with Gasteiger partial charge < -0.3 is 19.7 Å². The van der Waals surface area contributed by atoms with Crippen LogP contribution in [0.3, 0.4) is 0 Å². The molecule has 4 nitrogen and oxygen atoms in total. The Kier molecular flexibility index (Phi) is 2.11. The fourth-order valence-electron chi connectivity index (χ4n) is 2.07. The number of fused-ring (bicyclic) bond motifs is 2. The molecule has 2 N–H and O–H groups in total. The van der Waals surface area contributed by atoms with Gasteiger partial charge in [-0.15, -0.1) is 0 Å². The van der Waals surface area contributed by atoms with Crippen molar-refractivity contribution in [3.05, 3.63) is 48.5 Å². The Balaban J connectivity index is 1.56. The minimum atomic E-state index is -0.903. The van der Waals surface area contributed by atoms with Gasteiger partial charge in [-0.2, -0.15) is 0 Å². The molecule has 2 heterocycles. The molecule has 5 heteroatoms. The van der Waals surface area contributed by atoms with E-state index < -0.39 is 8.30 Å². The summed E-state index contributed by atoms with van der Waals surface area (Å²) < 4.78 is 11.7. The molecule has 0 aliphatic carbocycles. The van der Waals surface area contributed by atoms with Gasteiger partial charge in [0.1, 0.15) is 11.5 Å². The smallest absolute Gasteiger partial charge is 0.254 e. The van der Waals surface area contributed by atoms with Gasteiger partial charge in [0, 0.05) is 0 Å². The lowest BCUT2D eigenvalue weighted by Crippen LogP contribution is -2.21. The van der Waals surface area contributed by atoms with E-state index in [9.17, 15) is 0 Å². The van der Waals surface area contributed by atoms with Crippen LogP contribution in [0.4, 0.5) is 11.4 Å². The molecular weight excluding hydrogens is 247 g/mol. The third-order valence-corrected chi connectivity index (χ3v) is 4.45. The topological polar surface area (TPSA) is 42.5 Å². The van der Waals surface area contributed by atoms with E-state index in [0.717, 1.165) is 22.9 Å². The minimum absolute atomic E-state index is 0.148. The van der Waals surface area contributed by atoms with Crippen molar-refractivity contribution < 1.29 is 9.26 Å². The number of para-hydroxylation sites is 4. The summed E-state index contributed by atoms with van der Waals surface area (Å²) in [5.74, 6) is 1.63. The van der Waals surface area contributed by atoms with Gasteiger partial charge in [0.2, 0.25) is 5.97 Å². The highest BCUT2D eigenvalue weighted by Gasteiger charge is 2.36. The molecule has 2 aliphatic heterocycles. The van der Waals surface area contributed by atoms with Gasteiger partial charge in [-0.3, -0.25) is 0 Å². The van der Waals surface area contributed by atoms with Crippen LogP contribution in [0.2, 0.25) is 0 Å². The molecular formula is C13H11N2O2P. The molecule has 2 atom stereocenters. The molecule has 0 saturated heterocycles. The predicted molar refractivity (Wildman–Crippen MR) is 72.1 cm³/mol. The molecule has 0 saturated carbocycles. The highest BCUT2D eigenvalue weighted by atomic mass is 31.2. The van der Waals surface area contributed by atoms with E-state index in [-0.39, 0.29) is 5.97 Å². The number of hydrogen-bond donors (Lipinski definition) is 2. The molecule has 2 aromatic carbocycles. The second-order valence-electron chi connectivity index (χ2n) is 4.14. The van der Waals surface area contributed by atoms with Crippen LogP contribution < -0.4 is 19.7 Å². The fourth-order valence-corrected chi connectivity index (χ4v) is 3.59. The second kappa shape index (κ2) is 3.79. The summed E-state index contributed by atoms with van der Waals surface area (Å²) >= 11 is 0. The average molecular weight is 258 g/mol. The number of rotatable bonds is 1. The van der Waals surface area contributed by atoms with Gasteiger partial charge in [0.05, 0.1) is 11.4 Å². The lowest BCUT2D eigenvalue weighted by atomic mass is 10.3. The highest BCUT2D eigenvalue weighted by molar-refractivity contribution is 7.55. The van der Waals surface area contributed by atoms with Crippen molar-refractivity contribution in [3.8, 4) is 11.5 Å². The molecule has 0 radical (unpaired) electrons. The second-order valence-corrected chi connectivity index (χ2v) is 5.66. The number of nitrogens with one attached hydrogen (secondary N) is 2. The average Bonchev–Trinajstić information content (AvgIpc) is 3.02. The van der Waals surface area contributed by atoms with Crippen LogP contribution in [0.5, 0.6) is 11.5 Å². The lowest BCUT2D eigenvalue weighted by Gasteiger charge is -2.17. The first kappa shape index (κ1) is 10.0. The Morgan fingerprint density at radius 1 is 0.889 bits per heavy atom. The van der Waals surface area contributed by atoms with E-state index >= 15 is 0 Å². The monoisotopic (exact) mass is 258 g/mol. The molecule has 0 amide bonds. The number of anilines is 2. The Morgan fingerprint density at radius 2 is 1.61 bits per heavy atom. The normalized spacial score (nSPS) is 23.1. The van der Waals surface area contributed by atoms with Gasteiger partial charge in [0.25, 0.3) is 8.30 Å². The third kappa shape index (κ3) is 1.50. The van der Waals surface area contributed by atoms with Crippen molar-refractivity contribution >= 4 is 19.7 Å². The van der Waals surface area contributed by atoms with E-state index in [1.54, 1.807) is 0 Å². The maximum absolute atomic E-state index is 5.89. The van der Waals surface area contributed by atoms with Crippen LogP contribution in [0, 0.1) is 0 Å². The summed E-state index contributed by atoms with van der Waals surface area (Å²) in [5.41, 5.74) is 2.05. The van der Waals surface area contributed by atoms with Gasteiger partial charge in [-0.25, -0.2) is 0 Å². The molecule has 0 spiro atoms. The first-order valence-electron chi connectivity index (χ1n) is 5.75. The molecule has 0 bridgehead atoms. The summed E-state index contributed by atoms with van der Waals surface area (Å²) in [5, 5.41) is 6.70. The van der Waals surface area contributed by atoms with Crippen molar-refractivity contribution in [3.63, 3.8) is 0 Å². The molecule has 0 aromatic heterocycles. The quantitative estimate of drug-likeness (QED) is 0.767. The van der Waals surface area contributed by atoms with Crippen molar-refractivity contribution in [1.29, 1.82) is 0 Å². The number of ether oxygens (including phenoxy) is 1. The SMILES string of the molecule is c1ccc2c(c1)NC(P1Nc3ccccc3O1)O2. The van der Waals surface area contributed by atoms with E-state index in [1.165, 1.54) is 0 Å². The Bertz CT molecular complexity index is 502. The van der Waals surface area contributed by atoms with E-state index in [2.05, 4.69) is 10.4 Å². The van der Waals surface area contributed by atoms with Crippen molar-refractivity contribution in [1.82, 2.24) is 0 Å². The molecule has 0 fully saturated rings. The van der Waals surface area contributed by atoms with E-state index in [4.69, 9.17) is 9.26 Å². The van der Waals surface area contributed by atoms with Crippen molar-refractivity contribution in [2.75, 3.05) is 10.4 Å². The van der Waals surface area contributed by atoms with Gasteiger partial charge in [0.15, 0.2) is 0 Å². The summed E-state index contributed by atoms with van der Waals surface area (Å²) in [6, 6.07) is 15.9. The Hall–Kier alpha value is -1.93. The van der Waals surface area contributed by atoms with Crippen LogP contribution in [-0.2, 0) is 0 Å². The molecule has 2 unspecified atom stereocenters. The zero-order valence-corrected chi connectivity index (χ0v) is 10.4. The summed E-state index contributed by atoms with van der Waals surface area (Å²) in [6.07, 6.45) is 0. The summed E-state index contributed by atoms with van der Waals surface area (Å²) in [7, 11) is -0.903. The maximum Gasteiger partial charge on any atom is 0.254 e. The van der Waals surface area contributed by atoms with Crippen LogP contribution in [0.15, 0.2) is 48.5 Å². The van der Waals surface area contributed by atoms with Crippen molar-refractivity contribution in [2.45, 2.75) is 5.97 Å².